The van der Waals surface area contributed by atoms with Gasteiger partial charge in [0.1, 0.15) is 6.33 Å². The van der Waals surface area contributed by atoms with E-state index in [1.165, 1.54) is 6.33 Å². The molecule has 0 radical (unpaired) electrons. The standard InChI is InChI=1S/C11H15N5/c1-2-7-16-10(4-6-15-16)11(12)9-3-5-13-8-14-9/h3-6,8,11H,2,7,12H2,1H3. The molecule has 0 spiro atoms. The molecule has 2 N–H and O–H groups in total. The van der Waals surface area contributed by atoms with Crippen LogP contribution in [0.4, 0.5) is 0 Å². The number of nitrogens with zero attached hydrogens (tertiary/aromatic N) is 4. The highest BCUT2D eigenvalue weighted by molar-refractivity contribution is 5.19. The molecule has 0 bridgehead atoms. The summed E-state index contributed by atoms with van der Waals surface area (Å²) in [5.74, 6) is 0. The molecule has 0 saturated carbocycles. The first-order valence-corrected chi connectivity index (χ1v) is 5.36. The fourth-order valence-electron chi connectivity index (χ4n) is 1.64. The summed E-state index contributed by atoms with van der Waals surface area (Å²) in [5.41, 5.74) is 7.94. The van der Waals surface area contributed by atoms with Gasteiger partial charge in [0.05, 0.1) is 17.4 Å². The molecule has 2 rings (SSSR count). The summed E-state index contributed by atoms with van der Waals surface area (Å²) < 4.78 is 1.92. The minimum absolute atomic E-state index is 0.239. The number of hydrogen-bond acceptors (Lipinski definition) is 4. The maximum atomic E-state index is 6.14. The Hall–Kier alpha value is -1.75. The fraction of sp³-hybridized carbons (Fsp3) is 0.364. The molecule has 0 aliphatic carbocycles. The van der Waals surface area contributed by atoms with Crippen LogP contribution in [0.1, 0.15) is 30.8 Å². The van der Waals surface area contributed by atoms with Crippen LogP contribution in [0.25, 0.3) is 0 Å². The van der Waals surface area contributed by atoms with Gasteiger partial charge in [-0.15, -0.1) is 0 Å². The van der Waals surface area contributed by atoms with Crippen molar-refractivity contribution in [1.29, 1.82) is 0 Å². The first kappa shape index (κ1) is 10.8. The lowest BCUT2D eigenvalue weighted by atomic mass is 10.1. The topological polar surface area (TPSA) is 69.6 Å². The summed E-state index contributed by atoms with van der Waals surface area (Å²) in [6, 6.07) is 3.52. The average molecular weight is 217 g/mol. The van der Waals surface area contributed by atoms with Gasteiger partial charge in [-0.25, -0.2) is 9.97 Å². The van der Waals surface area contributed by atoms with E-state index in [-0.39, 0.29) is 6.04 Å². The molecule has 2 heterocycles. The molecule has 0 aliphatic heterocycles. The van der Waals surface area contributed by atoms with Crippen LogP contribution in [0, 0.1) is 0 Å². The Morgan fingerprint density at radius 1 is 1.38 bits per heavy atom. The monoisotopic (exact) mass is 217 g/mol. The van der Waals surface area contributed by atoms with Gasteiger partial charge in [-0.2, -0.15) is 5.10 Å². The summed E-state index contributed by atoms with van der Waals surface area (Å²) in [7, 11) is 0. The van der Waals surface area contributed by atoms with Crippen LogP contribution in [0.3, 0.4) is 0 Å². The van der Waals surface area contributed by atoms with Gasteiger partial charge in [0.25, 0.3) is 0 Å². The van der Waals surface area contributed by atoms with Gasteiger partial charge in [0.2, 0.25) is 0 Å². The fourth-order valence-corrected chi connectivity index (χ4v) is 1.64. The zero-order chi connectivity index (χ0) is 11.4. The van der Waals surface area contributed by atoms with Crippen molar-refractivity contribution in [3.8, 4) is 0 Å². The SMILES string of the molecule is CCCn1nccc1C(N)c1ccncn1. The predicted molar refractivity (Wildman–Crippen MR) is 60.6 cm³/mol. The molecule has 16 heavy (non-hydrogen) atoms. The molecule has 0 aromatic carbocycles. The lowest BCUT2D eigenvalue weighted by Crippen LogP contribution is -2.18. The Morgan fingerprint density at radius 3 is 2.94 bits per heavy atom. The third-order valence-electron chi connectivity index (χ3n) is 2.43. The van der Waals surface area contributed by atoms with Gasteiger partial charge in [0.15, 0.2) is 0 Å². The van der Waals surface area contributed by atoms with E-state index in [9.17, 15) is 0 Å². The van der Waals surface area contributed by atoms with E-state index in [1.807, 2.05) is 16.8 Å². The smallest absolute Gasteiger partial charge is 0.115 e. The van der Waals surface area contributed by atoms with E-state index in [4.69, 9.17) is 5.73 Å². The van der Waals surface area contributed by atoms with Crippen molar-refractivity contribution in [2.45, 2.75) is 25.9 Å². The van der Waals surface area contributed by atoms with E-state index in [0.29, 0.717) is 0 Å². The zero-order valence-electron chi connectivity index (χ0n) is 9.24. The Balaban J connectivity index is 2.27. The van der Waals surface area contributed by atoms with Gasteiger partial charge in [-0.1, -0.05) is 6.92 Å². The van der Waals surface area contributed by atoms with Gasteiger partial charge in [0, 0.05) is 18.9 Å². The summed E-state index contributed by atoms with van der Waals surface area (Å²) in [6.07, 6.45) is 6.01. The third-order valence-corrected chi connectivity index (χ3v) is 2.43. The van der Waals surface area contributed by atoms with Crippen molar-refractivity contribution in [3.05, 3.63) is 42.2 Å². The first-order valence-electron chi connectivity index (χ1n) is 5.36. The molecule has 5 nitrogen and oxygen atoms in total. The normalized spacial score (nSPS) is 12.6. The lowest BCUT2D eigenvalue weighted by Gasteiger charge is -2.12. The van der Waals surface area contributed by atoms with Crippen LogP contribution < -0.4 is 5.73 Å². The van der Waals surface area contributed by atoms with E-state index >= 15 is 0 Å². The number of aryl methyl sites for hydroxylation is 1. The molecule has 2 aromatic heterocycles. The maximum absolute atomic E-state index is 6.14. The Morgan fingerprint density at radius 2 is 2.25 bits per heavy atom. The molecular formula is C11H15N5. The van der Waals surface area contributed by atoms with Gasteiger partial charge in [-0.05, 0) is 18.6 Å². The molecule has 0 aliphatic rings. The second-order valence-electron chi connectivity index (χ2n) is 3.59. The lowest BCUT2D eigenvalue weighted by molar-refractivity contribution is 0.556. The number of hydrogen-bond donors (Lipinski definition) is 1. The summed E-state index contributed by atoms with van der Waals surface area (Å²) in [4.78, 5) is 8.04. The van der Waals surface area contributed by atoms with Crippen molar-refractivity contribution in [2.24, 2.45) is 5.73 Å². The second kappa shape index (κ2) is 4.85. The molecule has 0 fully saturated rings. The van der Waals surface area contributed by atoms with E-state index in [2.05, 4.69) is 22.0 Å². The largest absolute Gasteiger partial charge is 0.318 e. The zero-order valence-corrected chi connectivity index (χ0v) is 9.24. The summed E-state index contributed by atoms with van der Waals surface area (Å²) in [6.45, 7) is 2.99. The quantitative estimate of drug-likeness (QED) is 0.833. The highest BCUT2D eigenvalue weighted by atomic mass is 15.3. The summed E-state index contributed by atoms with van der Waals surface area (Å²) >= 11 is 0. The van der Waals surface area contributed by atoms with Crippen molar-refractivity contribution in [1.82, 2.24) is 19.7 Å². The van der Waals surface area contributed by atoms with Crippen LogP contribution in [-0.2, 0) is 6.54 Å². The molecule has 0 amide bonds. The Kier molecular flexibility index (Phi) is 3.26. The van der Waals surface area contributed by atoms with Crippen molar-refractivity contribution >= 4 is 0 Å². The minimum atomic E-state index is -0.239. The van der Waals surface area contributed by atoms with Gasteiger partial charge in [-0.3, -0.25) is 4.68 Å². The number of aromatic nitrogens is 4. The summed E-state index contributed by atoms with van der Waals surface area (Å²) in [5, 5.41) is 4.25. The Labute approximate surface area is 94.3 Å². The van der Waals surface area contributed by atoms with Crippen molar-refractivity contribution < 1.29 is 0 Å². The van der Waals surface area contributed by atoms with E-state index in [0.717, 1.165) is 24.4 Å². The molecule has 1 atom stereocenters. The molecule has 84 valence electrons. The van der Waals surface area contributed by atoms with E-state index in [1.54, 1.807) is 12.4 Å². The first-order chi connectivity index (χ1) is 7.83. The average Bonchev–Trinajstić information content (AvgIpc) is 2.78. The molecule has 2 aromatic rings. The molecule has 0 saturated heterocycles. The van der Waals surface area contributed by atoms with Crippen LogP contribution in [-0.4, -0.2) is 19.7 Å². The number of rotatable bonds is 4. The Bertz CT molecular complexity index is 437. The number of nitrogens with two attached hydrogens (primary N) is 1. The van der Waals surface area contributed by atoms with Gasteiger partial charge >= 0.3 is 0 Å². The van der Waals surface area contributed by atoms with Crippen molar-refractivity contribution in [3.63, 3.8) is 0 Å². The van der Waals surface area contributed by atoms with Crippen LogP contribution in [0.15, 0.2) is 30.9 Å². The van der Waals surface area contributed by atoms with Crippen LogP contribution in [0.2, 0.25) is 0 Å². The van der Waals surface area contributed by atoms with Gasteiger partial charge < -0.3 is 5.73 Å². The predicted octanol–water partition coefficient (Wildman–Crippen LogP) is 1.13. The highest BCUT2D eigenvalue weighted by Crippen LogP contribution is 2.16. The minimum Gasteiger partial charge on any atom is -0.318 e. The second-order valence-corrected chi connectivity index (χ2v) is 3.59. The third kappa shape index (κ3) is 2.09. The molecule has 1 unspecified atom stereocenters. The van der Waals surface area contributed by atoms with Crippen molar-refractivity contribution in [2.75, 3.05) is 0 Å². The molecular weight excluding hydrogens is 202 g/mol. The van der Waals surface area contributed by atoms with Crippen LogP contribution in [0.5, 0.6) is 0 Å². The maximum Gasteiger partial charge on any atom is 0.115 e. The van der Waals surface area contributed by atoms with E-state index < -0.39 is 0 Å². The molecule has 5 heteroatoms. The highest BCUT2D eigenvalue weighted by Gasteiger charge is 2.14. The van der Waals surface area contributed by atoms with Crippen LogP contribution >= 0.6 is 0 Å².